The molecule has 2 rings (SSSR count). The van der Waals surface area contributed by atoms with E-state index in [1.165, 1.54) is 18.3 Å². The Morgan fingerprint density at radius 2 is 2.00 bits per heavy atom. The third kappa shape index (κ3) is 1.56. The van der Waals surface area contributed by atoms with Crippen LogP contribution in [0, 0.1) is 0 Å². The van der Waals surface area contributed by atoms with Crippen LogP contribution in [-0.4, -0.2) is 9.67 Å². The van der Waals surface area contributed by atoms with E-state index in [9.17, 15) is 13.9 Å². The average molecular weight is 211 g/mol. The maximum Gasteiger partial charge on any atom is 0.272 e. The van der Waals surface area contributed by atoms with Crippen LogP contribution in [0.3, 0.4) is 0 Å². The predicted molar refractivity (Wildman–Crippen MR) is 54.2 cm³/mol. The van der Waals surface area contributed by atoms with Gasteiger partial charge in [0, 0.05) is 36.6 Å². The summed E-state index contributed by atoms with van der Waals surface area (Å²) < 4.78 is 28.1. The van der Waals surface area contributed by atoms with Crippen LogP contribution in [-0.2, 0) is 13.0 Å². The van der Waals surface area contributed by atoms with Gasteiger partial charge in [0.2, 0.25) is 0 Å². The summed E-state index contributed by atoms with van der Waals surface area (Å²) in [6.07, 6.45) is 1.39. The largest absolute Gasteiger partial charge is 0.508 e. The summed E-state index contributed by atoms with van der Waals surface area (Å²) in [6.45, 7) is 0.853. The maximum absolute atomic E-state index is 13.2. The minimum atomic E-state index is -2.90. The molecule has 0 saturated carbocycles. The number of phenolic OH excluding ortho intramolecular Hbond substituents is 1. The molecule has 1 N–H and O–H groups in total. The molecule has 4 heteroatoms. The van der Waals surface area contributed by atoms with Gasteiger partial charge in [-0.2, -0.15) is 0 Å². The molecule has 15 heavy (non-hydrogen) atoms. The second-order valence-corrected chi connectivity index (χ2v) is 3.74. The molecule has 1 aromatic carbocycles. The van der Waals surface area contributed by atoms with Crippen molar-refractivity contribution < 1.29 is 13.9 Å². The molecule has 0 atom stereocenters. The number of benzene rings is 1. The van der Waals surface area contributed by atoms with Gasteiger partial charge >= 0.3 is 0 Å². The Bertz CT molecular complexity index is 511. The van der Waals surface area contributed by atoms with E-state index >= 15 is 0 Å². The normalized spacial score (nSPS) is 12.3. The molecule has 0 aliphatic carbocycles. The summed E-state index contributed by atoms with van der Waals surface area (Å²) in [5, 5.41) is 9.67. The van der Waals surface area contributed by atoms with Crippen LogP contribution in [0.2, 0.25) is 0 Å². The van der Waals surface area contributed by atoms with E-state index in [0.717, 1.165) is 6.92 Å². The quantitative estimate of drug-likeness (QED) is 0.770. The average Bonchev–Trinajstić information content (AvgIpc) is 2.42. The van der Waals surface area contributed by atoms with E-state index in [1.54, 1.807) is 17.7 Å². The highest BCUT2D eigenvalue weighted by molar-refractivity contribution is 5.85. The summed E-state index contributed by atoms with van der Waals surface area (Å²) in [7, 11) is 1.70. The zero-order chi connectivity index (χ0) is 11.2. The second kappa shape index (κ2) is 2.95. The topological polar surface area (TPSA) is 25.2 Å². The smallest absolute Gasteiger partial charge is 0.272 e. The minimum absolute atomic E-state index is 0.000741. The first kappa shape index (κ1) is 9.96. The van der Waals surface area contributed by atoms with Crippen molar-refractivity contribution in [3.63, 3.8) is 0 Å². The number of halogens is 2. The lowest BCUT2D eigenvalue weighted by atomic mass is 10.1. The molecule has 1 aromatic heterocycles. The van der Waals surface area contributed by atoms with Crippen molar-refractivity contribution in [2.45, 2.75) is 12.8 Å². The Kier molecular flexibility index (Phi) is 1.96. The number of aryl methyl sites for hydroxylation is 1. The number of nitrogens with zero attached hydrogens (tertiary/aromatic N) is 1. The Hall–Kier alpha value is -1.58. The highest BCUT2D eigenvalue weighted by atomic mass is 19.3. The number of fused-ring (bicyclic) bond motifs is 1. The molecular weight excluding hydrogens is 200 g/mol. The molecule has 2 aromatic rings. The van der Waals surface area contributed by atoms with Crippen LogP contribution < -0.4 is 0 Å². The minimum Gasteiger partial charge on any atom is -0.508 e. The molecule has 0 bridgehead atoms. The van der Waals surface area contributed by atoms with Crippen LogP contribution in [0.4, 0.5) is 8.78 Å². The molecule has 0 saturated heterocycles. The molecule has 0 fully saturated rings. The van der Waals surface area contributed by atoms with Gasteiger partial charge in [-0.1, -0.05) is 0 Å². The Morgan fingerprint density at radius 3 is 2.60 bits per heavy atom. The molecule has 0 spiro atoms. The van der Waals surface area contributed by atoms with Gasteiger partial charge in [0.25, 0.3) is 5.92 Å². The van der Waals surface area contributed by atoms with Crippen molar-refractivity contribution in [2.75, 3.05) is 0 Å². The molecule has 0 aliphatic heterocycles. The number of hydrogen-bond acceptors (Lipinski definition) is 1. The SMILES string of the molecule is Cn1cc(C(C)(F)F)c2cc(O)ccc21. The van der Waals surface area contributed by atoms with Crippen LogP contribution >= 0.6 is 0 Å². The molecule has 2 nitrogen and oxygen atoms in total. The monoisotopic (exact) mass is 211 g/mol. The van der Waals surface area contributed by atoms with Crippen molar-refractivity contribution in [1.82, 2.24) is 4.57 Å². The fourth-order valence-corrected chi connectivity index (χ4v) is 1.73. The van der Waals surface area contributed by atoms with E-state index in [-0.39, 0.29) is 11.3 Å². The first-order chi connectivity index (χ1) is 6.89. The number of phenols is 1. The Labute approximate surface area is 85.8 Å². The summed E-state index contributed by atoms with van der Waals surface area (Å²) in [5.41, 5.74) is 0.625. The standard InChI is InChI=1S/C11H11F2NO/c1-11(12,13)9-6-14(2)10-4-3-7(15)5-8(9)10/h3-6,15H,1-2H3. The number of hydrogen-bond donors (Lipinski definition) is 1. The van der Waals surface area contributed by atoms with Gasteiger partial charge in [0.15, 0.2) is 0 Å². The Balaban J connectivity index is 2.81. The highest BCUT2D eigenvalue weighted by Gasteiger charge is 2.28. The van der Waals surface area contributed by atoms with Crippen molar-refractivity contribution >= 4 is 10.9 Å². The number of rotatable bonds is 1. The van der Waals surface area contributed by atoms with Crippen LogP contribution in [0.1, 0.15) is 12.5 Å². The van der Waals surface area contributed by atoms with Crippen LogP contribution in [0.5, 0.6) is 5.75 Å². The van der Waals surface area contributed by atoms with Crippen LogP contribution in [0.15, 0.2) is 24.4 Å². The summed E-state index contributed by atoms with van der Waals surface area (Å²) in [4.78, 5) is 0. The summed E-state index contributed by atoms with van der Waals surface area (Å²) in [5.74, 6) is -2.90. The van der Waals surface area contributed by atoms with Gasteiger partial charge in [-0.05, 0) is 18.2 Å². The number of alkyl halides is 2. The fourth-order valence-electron chi connectivity index (χ4n) is 1.73. The van der Waals surface area contributed by atoms with Gasteiger partial charge in [-0.15, -0.1) is 0 Å². The third-order valence-corrected chi connectivity index (χ3v) is 2.45. The lowest BCUT2D eigenvalue weighted by molar-refractivity contribution is 0.0189. The van der Waals surface area contributed by atoms with Gasteiger partial charge in [-0.3, -0.25) is 0 Å². The molecule has 80 valence electrons. The van der Waals surface area contributed by atoms with Crippen LogP contribution in [0.25, 0.3) is 10.9 Å². The van der Waals surface area contributed by atoms with Crippen molar-refractivity contribution in [2.24, 2.45) is 7.05 Å². The van der Waals surface area contributed by atoms with Gasteiger partial charge in [-0.25, -0.2) is 8.78 Å². The van der Waals surface area contributed by atoms with Crippen molar-refractivity contribution in [3.05, 3.63) is 30.0 Å². The first-order valence-electron chi connectivity index (χ1n) is 4.56. The second-order valence-electron chi connectivity index (χ2n) is 3.74. The number of aromatic nitrogens is 1. The van der Waals surface area contributed by atoms with E-state index in [2.05, 4.69) is 0 Å². The summed E-state index contributed by atoms with van der Waals surface area (Å²) >= 11 is 0. The lowest BCUT2D eigenvalue weighted by Crippen LogP contribution is -2.05. The first-order valence-corrected chi connectivity index (χ1v) is 4.56. The maximum atomic E-state index is 13.2. The van der Waals surface area contributed by atoms with E-state index in [0.29, 0.717) is 10.9 Å². The Morgan fingerprint density at radius 1 is 1.33 bits per heavy atom. The van der Waals surface area contributed by atoms with Gasteiger partial charge in [0.05, 0.1) is 0 Å². The van der Waals surface area contributed by atoms with Crippen molar-refractivity contribution in [1.29, 1.82) is 0 Å². The molecule has 0 radical (unpaired) electrons. The predicted octanol–water partition coefficient (Wildman–Crippen LogP) is 3.00. The molecule has 0 unspecified atom stereocenters. The summed E-state index contributed by atoms with van der Waals surface area (Å²) in [6, 6.07) is 4.47. The third-order valence-electron chi connectivity index (χ3n) is 2.45. The zero-order valence-electron chi connectivity index (χ0n) is 8.46. The van der Waals surface area contributed by atoms with E-state index in [4.69, 9.17) is 0 Å². The lowest BCUT2D eigenvalue weighted by Gasteiger charge is -2.08. The van der Waals surface area contributed by atoms with E-state index < -0.39 is 5.92 Å². The van der Waals surface area contributed by atoms with Crippen molar-refractivity contribution in [3.8, 4) is 5.75 Å². The fraction of sp³-hybridized carbons (Fsp3) is 0.273. The van der Waals surface area contributed by atoms with Gasteiger partial charge < -0.3 is 9.67 Å². The highest BCUT2D eigenvalue weighted by Crippen LogP contribution is 2.35. The van der Waals surface area contributed by atoms with Gasteiger partial charge in [0.1, 0.15) is 5.75 Å². The van der Waals surface area contributed by atoms with E-state index in [1.807, 2.05) is 0 Å². The molecule has 1 heterocycles. The molecule has 0 amide bonds. The molecule has 0 aliphatic rings. The molecular formula is C11H11F2NO. The zero-order valence-corrected chi connectivity index (χ0v) is 8.46. The number of aromatic hydroxyl groups is 1.